The molecule has 2 nitrogen and oxygen atoms in total. The van der Waals surface area contributed by atoms with E-state index in [4.69, 9.17) is 9.47 Å². The molecule has 0 saturated carbocycles. The van der Waals surface area contributed by atoms with Gasteiger partial charge < -0.3 is 9.47 Å². The molecule has 0 unspecified atom stereocenters. The second-order valence-corrected chi connectivity index (χ2v) is 7.95. The van der Waals surface area contributed by atoms with Crippen LogP contribution in [-0.2, 0) is 0 Å². The molecule has 0 fully saturated rings. The fourth-order valence-corrected chi connectivity index (χ4v) is 4.27. The Labute approximate surface area is 168 Å². The largest absolute Gasteiger partial charge is 0.497 e. The standard InChI is InChI=1S/C26H28O2/c1-17(2)22-15-10-18(3)25-23(19-11-13-21(27-4)14-12-19)16-24(28-26(22)25)20-8-6-5-7-9-20/h5-15,17,23-24H,16H2,1-4H3/t23-,24+/m0/s1. The predicted octanol–water partition coefficient (Wildman–Crippen LogP) is 6.78. The maximum Gasteiger partial charge on any atom is 0.127 e. The van der Waals surface area contributed by atoms with Crippen molar-refractivity contribution >= 4 is 0 Å². The van der Waals surface area contributed by atoms with E-state index in [1.54, 1.807) is 7.11 Å². The first kappa shape index (κ1) is 18.6. The Hall–Kier alpha value is -2.74. The molecule has 144 valence electrons. The number of aryl methyl sites for hydroxylation is 1. The highest BCUT2D eigenvalue weighted by molar-refractivity contribution is 5.54. The number of methoxy groups -OCH3 is 1. The van der Waals surface area contributed by atoms with E-state index >= 15 is 0 Å². The fraction of sp³-hybridized carbons (Fsp3) is 0.308. The minimum Gasteiger partial charge on any atom is -0.497 e. The molecule has 0 amide bonds. The van der Waals surface area contributed by atoms with Crippen molar-refractivity contribution in [2.75, 3.05) is 7.11 Å². The van der Waals surface area contributed by atoms with Gasteiger partial charge in [-0.25, -0.2) is 0 Å². The lowest BCUT2D eigenvalue weighted by molar-refractivity contribution is 0.164. The number of rotatable bonds is 4. The Morgan fingerprint density at radius 1 is 0.893 bits per heavy atom. The van der Waals surface area contributed by atoms with Crippen LogP contribution in [0.2, 0.25) is 0 Å². The molecule has 2 atom stereocenters. The molecule has 0 N–H and O–H groups in total. The third-order valence-corrected chi connectivity index (χ3v) is 5.81. The summed E-state index contributed by atoms with van der Waals surface area (Å²) in [7, 11) is 1.71. The average Bonchev–Trinajstić information content (AvgIpc) is 2.73. The monoisotopic (exact) mass is 372 g/mol. The highest BCUT2D eigenvalue weighted by Crippen LogP contribution is 2.49. The predicted molar refractivity (Wildman–Crippen MR) is 115 cm³/mol. The topological polar surface area (TPSA) is 18.5 Å². The zero-order chi connectivity index (χ0) is 19.7. The number of hydrogen-bond donors (Lipinski definition) is 0. The Kier molecular flexibility index (Phi) is 5.13. The lowest BCUT2D eigenvalue weighted by Crippen LogP contribution is -2.22. The SMILES string of the molecule is COc1ccc([C@@H]2C[C@H](c3ccccc3)Oc3c(C(C)C)ccc(C)c32)cc1. The van der Waals surface area contributed by atoms with E-state index in [0.717, 1.165) is 17.9 Å². The van der Waals surface area contributed by atoms with Crippen LogP contribution in [0.1, 0.15) is 66.0 Å². The van der Waals surface area contributed by atoms with Gasteiger partial charge in [-0.2, -0.15) is 0 Å². The summed E-state index contributed by atoms with van der Waals surface area (Å²) in [6.07, 6.45) is 0.992. The van der Waals surface area contributed by atoms with E-state index in [9.17, 15) is 0 Å². The molecule has 0 spiro atoms. The van der Waals surface area contributed by atoms with Crippen LogP contribution in [0.5, 0.6) is 11.5 Å². The Morgan fingerprint density at radius 2 is 1.61 bits per heavy atom. The van der Waals surface area contributed by atoms with Crippen molar-refractivity contribution in [2.24, 2.45) is 0 Å². The Morgan fingerprint density at radius 3 is 2.25 bits per heavy atom. The third-order valence-electron chi connectivity index (χ3n) is 5.81. The summed E-state index contributed by atoms with van der Waals surface area (Å²) < 4.78 is 12.0. The first-order valence-electron chi connectivity index (χ1n) is 10.1. The molecule has 0 saturated heterocycles. The lowest BCUT2D eigenvalue weighted by Gasteiger charge is -2.36. The average molecular weight is 373 g/mol. The molecular weight excluding hydrogens is 344 g/mol. The molecule has 1 aliphatic heterocycles. The minimum atomic E-state index is 0.0556. The zero-order valence-corrected chi connectivity index (χ0v) is 17.1. The first-order chi connectivity index (χ1) is 13.6. The highest BCUT2D eigenvalue weighted by Gasteiger charge is 2.33. The maximum atomic E-state index is 6.66. The summed E-state index contributed by atoms with van der Waals surface area (Å²) in [5.41, 5.74) is 6.48. The molecule has 3 aromatic carbocycles. The van der Waals surface area contributed by atoms with E-state index in [1.165, 1.54) is 27.8 Å². The second-order valence-electron chi connectivity index (χ2n) is 7.95. The maximum absolute atomic E-state index is 6.66. The van der Waals surface area contributed by atoms with Crippen LogP contribution < -0.4 is 9.47 Å². The normalized spacial score (nSPS) is 18.5. The van der Waals surface area contributed by atoms with Gasteiger partial charge in [0.1, 0.15) is 17.6 Å². The van der Waals surface area contributed by atoms with E-state index < -0.39 is 0 Å². The molecule has 0 aromatic heterocycles. The lowest BCUT2D eigenvalue weighted by atomic mass is 9.79. The zero-order valence-electron chi connectivity index (χ0n) is 17.1. The van der Waals surface area contributed by atoms with Crippen molar-refractivity contribution in [1.82, 2.24) is 0 Å². The minimum absolute atomic E-state index is 0.0556. The van der Waals surface area contributed by atoms with Crippen molar-refractivity contribution in [3.63, 3.8) is 0 Å². The van der Waals surface area contributed by atoms with E-state index in [0.29, 0.717) is 11.8 Å². The van der Waals surface area contributed by atoms with Gasteiger partial charge in [-0.15, -0.1) is 0 Å². The summed E-state index contributed by atoms with van der Waals surface area (Å²) in [5, 5.41) is 0. The quantitative estimate of drug-likeness (QED) is 0.502. The summed E-state index contributed by atoms with van der Waals surface area (Å²) in [6.45, 7) is 6.68. The molecule has 0 bridgehead atoms. The number of benzene rings is 3. The fourth-order valence-electron chi connectivity index (χ4n) is 4.27. The summed E-state index contributed by atoms with van der Waals surface area (Å²) in [5.74, 6) is 2.69. The van der Waals surface area contributed by atoms with Crippen LogP contribution in [0.15, 0.2) is 66.7 Å². The van der Waals surface area contributed by atoms with Gasteiger partial charge in [0.05, 0.1) is 7.11 Å². The van der Waals surface area contributed by atoms with Crippen LogP contribution in [0.4, 0.5) is 0 Å². The van der Waals surface area contributed by atoms with Crippen molar-refractivity contribution in [1.29, 1.82) is 0 Å². The van der Waals surface area contributed by atoms with Crippen molar-refractivity contribution in [2.45, 2.75) is 45.1 Å². The molecule has 0 radical (unpaired) electrons. The van der Waals surface area contributed by atoms with Gasteiger partial charge in [-0.1, -0.05) is 68.4 Å². The van der Waals surface area contributed by atoms with Crippen LogP contribution in [0, 0.1) is 6.92 Å². The molecule has 1 aliphatic rings. The molecule has 1 heterocycles. The molecular formula is C26H28O2. The third kappa shape index (κ3) is 3.40. The summed E-state index contributed by atoms with van der Waals surface area (Å²) >= 11 is 0. The summed E-state index contributed by atoms with van der Waals surface area (Å²) in [4.78, 5) is 0. The van der Waals surface area contributed by atoms with Gasteiger partial charge in [0.25, 0.3) is 0 Å². The van der Waals surface area contributed by atoms with Gasteiger partial charge >= 0.3 is 0 Å². The number of hydrogen-bond acceptors (Lipinski definition) is 2. The van der Waals surface area contributed by atoms with Crippen LogP contribution in [-0.4, -0.2) is 7.11 Å². The first-order valence-corrected chi connectivity index (χ1v) is 10.1. The van der Waals surface area contributed by atoms with Crippen molar-refractivity contribution < 1.29 is 9.47 Å². The van der Waals surface area contributed by atoms with Gasteiger partial charge in [0.2, 0.25) is 0 Å². The number of ether oxygens (including phenoxy) is 2. The van der Waals surface area contributed by atoms with Crippen LogP contribution >= 0.6 is 0 Å². The molecule has 0 aliphatic carbocycles. The van der Waals surface area contributed by atoms with Gasteiger partial charge in [-0.05, 0) is 53.6 Å². The van der Waals surface area contributed by atoms with E-state index in [2.05, 4.69) is 87.5 Å². The van der Waals surface area contributed by atoms with Crippen LogP contribution in [0.25, 0.3) is 0 Å². The van der Waals surface area contributed by atoms with E-state index in [1.807, 2.05) is 0 Å². The van der Waals surface area contributed by atoms with Crippen LogP contribution in [0.3, 0.4) is 0 Å². The molecule has 4 rings (SSSR count). The highest BCUT2D eigenvalue weighted by atomic mass is 16.5. The molecule has 28 heavy (non-hydrogen) atoms. The van der Waals surface area contributed by atoms with Gasteiger partial charge in [0, 0.05) is 11.5 Å². The smallest absolute Gasteiger partial charge is 0.127 e. The molecule has 3 aromatic rings. The van der Waals surface area contributed by atoms with Crippen molar-refractivity contribution in [3.05, 3.63) is 94.5 Å². The number of fused-ring (bicyclic) bond motifs is 1. The van der Waals surface area contributed by atoms with E-state index in [-0.39, 0.29) is 6.10 Å². The van der Waals surface area contributed by atoms with Gasteiger partial charge in [-0.3, -0.25) is 0 Å². The Balaban J connectivity index is 1.86. The van der Waals surface area contributed by atoms with Gasteiger partial charge in [0.15, 0.2) is 0 Å². The molecule has 2 heteroatoms. The Bertz CT molecular complexity index is 942. The summed E-state index contributed by atoms with van der Waals surface area (Å²) in [6, 6.07) is 23.6. The van der Waals surface area contributed by atoms with Crippen molar-refractivity contribution in [3.8, 4) is 11.5 Å². The second kappa shape index (κ2) is 7.71.